The number of hydrogen-bond donors (Lipinski definition) is 3. The van der Waals surface area contributed by atoms with Crippen LogP contribution in [0.5, 0.6) is 0 Å². The third-order valence-corrected chi connectivity index (χ3v) is 3.52. The van der Waals surface area contributed by atoms with Gasteiger partial charge in [-0.2, -0.15) is 0 Å². The monoisotopic (exact) mass is 293 g/mol. The number of carbonyl (C=O) groups excluding carboxylic acids is 1. The zero-order valence-electron chi connectivity index (χ0n) is 11.7. The van der Waals surface area contributed by atoms with Crippen molar-refractivity contribution in [2.75, 3.05) is 31.6 Å². The number of nitrogens with two attached hydrogens (primary N) is 1. The highest BCUT2D eigenvalue weighted by molar-refractivity contribution is 5.99. The van der Waals surface area contributed by atoms with Gasteiger partial charge in [0.25, 0.3) is 11.6 Å². The van der Waals surface area contributed by atoms with Crippen molar-refractivity contribution >= 4 is 17.3 Å². The van der Waals surface area contributed by atoms with Crippen LogP contribution >= 0.6 is 0 Å². The van der Waals surface area contributed by atoms with E-state index in [0.717, 1.165) is 19.6 Å². The molecule has 1 aromatic rings. The molecule has 1 saturated heterocycles. The van der Waals surface area contributed by atoms with Crippen molar-refractivity contribution in [3.8, 4) is 0 Å². The van der Waals surface area contributed by atoms with Gasteiger partial charge >= 0.3 is 0 Å². The fourth-order valence-corrected chi connectivity index (χ4v) is 2.40. The van der Waals surface area contributed by atoms with Gasteiger partial charge in [-0.05, 0) is 38.1 Å². The van der Waals surface area contributed by atoms with Crippen molar-refractivity contribution in [1.29, 1.82) is 0 Å². The highest BCUT2D eigenvalue weighted by Gasteiger charge is 2.20. The number of likely N-dealkylation sites (tertiary alicyclic amines) is 1. The van der Waals surface area contributed by atoms with Crippen LogP contribution in [0.25, 0.3) is 0 Å². The van der Waals surface area contributed by atoms with E-state index in [-0.39, 0.29) is 11.3 Å². The van der Waals surface area contributed by atoms with E-state index in [4.69, 9.17) is 5.84 Å². The second-order valence-corrected chi connectivity index (χ2v) is 4.94. The van der Waals surface area contributed by atoms with Crippen LogP contribution in [0, 0.1) is 10.1 Å². The van der Waals surface area contributed by atoms with E-state index in [1.807, 2.05) is 0 Å². The van der Waals surface area contributed by atoms with Gasteiger partial charge in [0, 0.05) is 24.8 Å². The summed E-state index contributed by atoms with van der Waals surface area (Å²) >= 11 is 0. The minimum Gasteiger partial charge on any atom is -0.351 e. The molecule has 21 heavy (non-hydrogen) atoms. The lowest BCUT2D eigenvalue weighted by atomic mass is 10.1. The first-order chi connectivity index (χ1) is 10.1. The van der Waals surface area contributed by atoms with Crippen LogP contribution in [0.3, 0.4) is 0 Å². The Morgan fingerprint density at radius 3 is 2.71 bits per heavy atom. The Labute approximate surface area is 122 Å². The maximum absolute atomic E-state index is 12.1. The Bertz CT molecular complexity index is 529. The lowest BCUT2D eigenvalue weighted by Crippen LogP contribution is -2.33. The Kier molecular flexibility index (Phi) is 5.07. The lowest BCUT2D eigenvalue weighted by molar-refractivity contribution is -0.385. The molecular formula is C13H19N5O3. The topological polar surface area (TPSA) is 114 Å². The summed E-state index contributed by atoms with van der Waals surface area (Å²) in [6.45, 7) is 3.32. The normalized spacial score (nSPS) is 14.9. The summed E-state index contributed by atoms with van der Waals surface area (Å²) in [5.74, 6) is 4.81. The zero-order chi connectivity index (χ0) is 15.2. The molecule has 0 radical (unpaired) electrons. The molecule has 1 aliphatic heterocycles. The van der Waals surface area contributed by atoms with Gasteiger partial charge in [-0.1, -0.05) is 0 Å². The summed E-state index contributed by atoms with van der Waals surface area (Å²) in [6.07, 6.45) is 2.37. The molecule has 0 aromatic heterocycles. The van der Waals surface area contributed by atoms with Crippen molar-refractivity contribution in [2.45, 2.75) is 12.8 Å². The molecule has 0 atom stereocenters. The number of hydrazine groups is 1. The summed E-state index contributed by atoms with van der Waals surface area (Å²) in [5, 5.41) is 13.7. The standard InChI is InChI=1S/C13H19N5O3/c14-16-10-3-4-12(18(20)21)11(9-10)13(19)15-5-8-17-6-1-2-7-17/h3-4,9,16H,1-2,5-8,14H2,(H,15,19). The van der Waals surface area contributed by atoms with E-state index in [1.54, 1.807) is 0 Å². The average Bonchev–Trinajstić information content (AvgIpc) is 2.99. The van der Waals surface area contributed by atoms with E-state index in [0.29, 0.717) is 12.2 Å². The average molecular weight is 293 g/mol. The number of anilines is 1. The number of amides is 1. The molecule has 2 rings (SSSR count). The molecule has 0 aliphatic carbocycles. The first-order valence-electron chi connectivity index (χ1n) is 6.87. The summed E-state index contributed by atoms with van der Waals surface area (Å²) in [6, 6.07) is 4.10. The van der Waals surface area contributed by atoms with Crippen molar-refractivity contribution in [3.05, 3.63) is 33.9 Å². The van der Waals surface area contributed by atoms with Crippen LogP contribution in [-0.4, -0.2) is 41.9 Å². The lowest BCUT2D eigenvalue weighted by Gasteiger charge is -2.14. The van der Waals surface area contributed by atoms with Gasteiger partial charge in [0.15, 0.2) is 0 Å². The Morgan fingerprint density at radius 1 is 1.38 bits per heavy atom. The Morgan fingerprint density at radius 2 is 2.10 bits per heavy atom. The van der Waals surface area contributed by atoms with Crippen molar-refractivity contribution in [2.24, 2.45) is 5.84 Å². The number of benzene rings is 1. The van der Waals surface area contributed by atoms with E-state index >= 15 is 0 Å². The number of nitro benzene ring substituents is 1. The minimum atomic E-state index is -0.574. The second kappa shape index (κ2) is 7.00. The van der Waals surface area contributed by atoms with Gasteiger partial charge < -0.3 is 15.6 Å². The number of nitrogens with zero attached hydrogens (tertiary/aromatic N) is 2. The number of nitro groups is 1. The smallest absolute Gasteiger partial charge is 0.282 e. The summed E-state index contributed by atoms with van der Waals surface area (Å²) in [5.41, 5.74) is 2.61. The van der Waals surface area contributed by atoms with Gasteiger partial charge in [-0.3, -0.25) is 20.8 Å². The molecule has 0 bridgehead atoms. The van der Waals surface area contributed by atoms with Gasteiger partial charge in [0.2, 0.25) is 0 Å². The molecule has 1 heterocycles. The first-order valence-corrected chi connectivity index (χ1v) is 6.87. The number of nitrogen functional groups attached to an aromatic ring is 1. The minimum absolute atomic E-state index is 0.0110. The molecule has 1 fully saturated rings. The van der Waals surface area contributed by atoms with Crippen LogP contribution in [0.1, 0.15) is 23.2 Å². The molecule has 0 unspecified atom stereocenters. The van der Waals surface area contributed by atoms with Crippen LogP contribution in [0.2, 0.25) is 0 Å². The molecule has 1 aliphatic rings. The number of carbonyl (C=O) groups is 1. The largest absolute Gasteiger partial charge is 0.351 e. The first kappa shape index (κ1) is 15.2. The molecule has 4 N–H and O–H groups in total. The van der Waals surface area contributed by atoms with E-state index in [1.165, 1.54) is 31.0 Å². The molecule has 1 aromatic carbocycles. The van der Waals surface area contributed by atoms with Crippen molar-refractivity contribution < 1.29 is 9.72 Å². The molecule has 8 nitrogen and oxygen atoms in total. The number of nitrogens with one attached hydrogen (secondary N) is 2. The SMILES string of the molecule is NNc1ccc([N+](=O)[O-])c(C(=O)NCCN2CCCC2)c1. The predicted molar refractivity (Wildman–Crippen MR) is 78.9 cm³/mol. The Hall–Kier alpha value is -2.19. The molecule has 8 heteroatoms. The molecule has 1 amide bonds. The fraction of sp³-hybridized carbons (Fsp3) is 0.462. The van der Waals surface area contributed by atoms with Crippen LogP contribution in [0.4, 0.5) is 11.4 Å². The number of rotatable bonds is 6. The van der Waals surface area contributed by atoms with Crippen molar-refractivity contribution in [3.63, 3.8) is 0 Å². The maximum Gasteiger partial charge on any atom is 0.282 e. The highest BCUT2D eigenvalue weighted by atomic mass is 16.6. The fourth-order valence-electron chi connectivity index (χ4n) is 2.40. The van der Waals surface area contributed by atoms with Crippen molar-refractivity contribution in [1.82, 2.24) is 10.2 Å². The third kappa shape index (κ3) is 3.89. The molecule has 0 saturated carbocycles. The maximum atomic E-state index is 12.1. The van der Waals surface area contributed by atoms with Crippen LogP contribution in [-0.2, 0) is 0 Å². The summed E-state index contributed by atoms with van der Waals surface area (Å²) in [7, 11) is 0. The van der Waals surface area contributed by atoms with Crippen LogP contribution < -0.4 is 16.6 Å². The molecular weight excluding hydrogens is 274 g/mol. The second-order valence-electron chi connectivity index (χ2n) is 4.94. The Balaban J connectivity index is 2.00. The van der Waals surface area contributed by atoms with Gasteiger partial charge in [0.1, 0.15) is 5.56 Å². The predicted octanol–water partition coefficient (Wildman–Crippen LogP) is 0.706. The van der Waals surface area contributed by atoms with E-state index in [9.17, 15) is 14.9 Å². The van der Waals surface area contributed by atoms with E-state index in [2.05, 4.69) is 15.6 Å². The van der Waals surface area contributed by atoms with E-state index < -0.39 is 10.8 Å². The van der Waals surface area contributed by atoms with Gasteiger partial charge in [0.05, 0.1) is 4.92 Å². The third-order valence-electron chi connectivity index (χ3n) is 3.52. The highest BCUT2D eigenvalue weighted by Crippen LogP contribution is 2.22. The summed E-state index contributed by atoms with van der Waals surface area (Å²) in [4.78, 5) is 24.8. The zero-order valence-corrected chi connectivity index (χ0v) is 11.7. The molecule has 0 spiro atoms. The molecule has 114 valence electrons. The quantitative estimate of drug-likeness (QED) is 0.404. The summed E-state index contributed by atoms with van der Waals surface area (Å²) < 4.78 is 0. The van der Waals surface area contributed by atoms with Crippen LogP contribution in [0.15, 0.2) is 18.2 Å². The number of hydrogen-bond acceptors (Lipinski definition) is 6. The van der Waals surface area contributed by atoms with Gasteiger partial charge in [-0.15, -0.1) is 0 Å². The van der Waals surface area contributed by atoms with Gasteiger partial charge in [-0.25, -0.2) is 0 Å².